The minimum Gasteiger partial charge on any atom is -0.492 e. The van der Waals surface area contributed by atoms with Crippen LogP contribution in [0.5, 0.6) is 5.75 Å². The third-order valence-corrected chi connectivity index (χ3v) is 2.84. The molecular weight excluding hydrogens is 226 g/mol. The van der Waals surface area contributed by atoms with E-state index in [0.717, 1.165) is 25.1 Å². The van der Waals surface area contributed by atoms with Crippen molar-refractivity contribution < 1.29 is 9.47 Å². The van der Waals surface area contributed by atoms with E-state index in [2.05, 4.69) is 25.2 Å². The number of nitrogens with one attached hydrogen (secondary N) is 1. The van der Waals surface area contributed by atoms with E-state index >= 15 is 0 Å². The maximum Gasteiger partial charge on any atom is 0.122 e. The Labute approximate surface area is 110 Å². The predicted molar refractivity (Wildman–Crippen MR) is 75.3 cm³/mol. The molecule has 0 saturated carbocycles. The first-order chi connectivity index (χ1) is 8.81. The molecule has 0 amide bonds. The summed E-state index contributed by atoms with van der Waals surface area (Å²) in [5.41, 5.74) is 1.25. The molecule has 1 aromatic carbocycles. The van der Waals surface area contributed by atoms with Crippen LogP contribution < -0.4 is 10.1 Å². The molecule has 1 unspecified atom stereocenters. The molecule has 0 aliphatic carbocycles. The second-order valence-corrected chi connectivity index (χ2v) is 4.38. The molecule has 1 aromatic rings. The monoisotopic (exact) mass is 251 g/mol. The fourth-order valence-electron chi connectivity index (χ4n) is 1.84. The zero-order valence-electron chi connectivity index (χ0n) is 11.7. The van der Waals surface area contributed by atoms with Crippen molar-refractivity contribution >= 4 is 0 Å². The minimum atomic E-state index is 0.250. The van der Waals surface area contributed by atoms with Crippen LogP contribution >= 0.6 is 0 Å². The molecule has 0 saturated heterocycles. The number of hydrogen-bond acceptors (Lipinski definition) is 3. The molecule has 0 aromatic heterocycles. The van der Waals surface area contributed by atoms with Gasteiger partial charge < -0.3 is 14.8 Å². The molecular formula is C15H25NO2. The average Bonchev–Trinajstić information content (AvgIpc) is 2.42. The van der Waals surface area contributed by atoms with Crippen LogP contribution in [0.25, 0.3) is 0 Å². The van der Waals surface area contributed by atoms with Crippen LogP contribution in [0.4, 0.5) is 0 Å². The molecule has 3 nitrogen and oxygen atoms in total. The molecule has 0 bridgehead atoms. The molecule has 1 atom stereocenters. The van der Waals surface area contributed by atoms with E-state index in [9.17, 15) is 0 Å². The first-order valence-electron chi connectivity index (χ1n) is 6.74. The standard InChI is InChI=1S/C15H25NO2/c1-4-10-16-14(11-17-3)12-18-15-9-7-6-8-13(15)5-2/h6-9,14,16H,4-5,10-12H2,1-3H3. The van der Waals surface area contributed by atoms with Crippen LogP contribution in [0, 0.1) is 0 Å². The highest BCUT2D eigenvalue weighted by Gasteiger charge is 2.09. The highest BCUT2D eigenvalue weighted by Crippen LogP contribution is 2.18. The van der Waals surface area contributed by atoms with Gasteiger partial charge in [0.1, 0.15) is 12.4 Å². The van der Waals surface area contributed by atoms with E-state index in [1.807, 2.05) is 18.2 Å². The smallest absolute Gasteiger partial charge is 0.122 e. The summed E-state index contributed by atoms with van der Waals surface area (Å²) in [6.45, 7) is 6.61. The van der Waals surface area contributed by atoms with Crippen molar-refractivity contribution in [2.45, 2.75) is 32.7 Å². The van der Waals surface area contributed by atoms with Gasteiger partial charge in [-0.1, -0.05) is 32.0 Å². The van der Waals surface area contributed by atoms with E-state index < -0.39 is 0 Å². The van der Waals surface area contributed by atoms with Gasteiger partial charge in [-0.25, -0.2) is 0 Å². The van der Waals surface area contributed by atoms with Crippen molar-refractivity contribution in [2.24, 2.45) is 0 Å². The maximum atomic E-state index is 5.90. The van der Waals surface area contributed by atoms with Gasteiger partial charge in [0.15, 0.2) is 0 Å². The number of benzene rings is 1. The number of hydrogen-bond donors (Lipinski definition) is 1. The molecule has 3 heteroatoms. The Hall–Kier alpha value is -1.06. The van der Waals surface area contributed by atoms with E-state index in [4.69, 9.17) is 9.47 Å². The van der Waals surface area contributed by atoms with Gasteiger partial charge in [-0.3, -0.25) is 0 Å². The first-order valence-corrected chi connectivity index (χ1v) is 6.74. The van der Waals surface area contributed by atoms with Gasteiger partial charge >= 0.3 is 0 Å². The highest BCUT2D eigenvalue weighted by molar-refractivity contribution is 5.33. The maximum absolute atomic E-state index is 5.90. The van der Waals surface area contributed by atoms with Gasteiger partial charge in [0, 0.05) is 7.11 Å². The molecule has 0 aliphatic heterocycles. The second-order valence-electron chi connectivity index (χ2n) is 4.38. The summed E-state index contributed by atoms with van der Waals surface area (Å²) < 4.78 is 11.1. The van der Waals surface area contributed by atoms with Gasteiger partial charge in [0.2, 0.25) is 0 Å². The van der Waals surface area contributed by atoms with Gasteiger partial charge in [-0.2, -0.15) is 0 Å². The van der Waals surface area contributed by atoms with E-state index in [1.54, 1.807) is 7.11 Å². The molecule has 1 rings (SSSR count). The second kappa shape index (κ2) is 8.95. The molecule has 18 heavy (non-hydrogen) atoms. The quantitative estimate of drug-likeness (QED) is 0.732. The number of rotatable bonds is 9. The molecule has 102 valence electrons. The molecule has 0 heterocycles. The van der Waals surface area contributed by atoms with Crippen LogP contribution in [-0.4, -0.2) is 32.9 Å². The largest absolute Gasteiger partial charge is 0.492 e. The number of ether oxygens (including phenoxy) is 2. The van der Waals surface area contributed by atoms with Crippen LogP contribution in [0.3, 0.4) is 0 Å². The van der Waals surface area contributed by atoms with E-state index in [-0.39, 0.29) is 6.04 Å². The Morgan fingerprint density at radius 3 is 2.61 bits per heavy atom. The Kier molecular flexibility index (Phi) is 7.46. The molecule has 0 radical (unpaired) electrons. The Bertz CT molecular complexity index is 328. The predicted octanol–water partition coefficient (Wildman–Crippen LogP) is 2.64. The van der Waals surface area contributed by atoms with E-state index in [1.165, 1.54) is 5.56 Å². The zero-order valence-corrected chi connectivity index (χ0v) is 11.7. The van der Waals surface area contributed by atoms with Crippen LogP contribution in [0.2, 0.25) is 0 Å². The molecule has 0 aliphatic rings. The summed E-state index contributed by atoms with van der Waals surface area (Å²) in [5.74, 6) is 0.986. The minimum absolute atomic E-state index is 0.250. The molecule has 0 spiro atoms. The SMILES string of the molecule is CCCNC(COC)COc1ccccc1CC. The van der Waals surface area contributed by atoms with Crippen molar-refractivity contribution in [1.29, 1.82) is 0 Å². The van der Waals surface area contributed by atoms with Gasteiger partial charge in [-0.05, 0) is 31.0 Å². The summed E-state index contributed by atoms with van der Waals surface area (Å²) >= 11 is 0. The normalized spacial score (nSPS) is 12.4. The van der Waals surface area contributed by atoms with Gasteiger partial charge in [0.25, 0.3) is 0 Å². The van der Waals surface area contributed by atoms with Crippen LogP contribution in [-0.2, 0) is 11.2 Å². The Morgan fingerprint density at radius 2 is 1.94 bits per heavy atom. The third kappa shape index (κ3) is 5.07. The zero-order chi connectivity index (χ0) is 13.2. The van der Waals surface area contributed by atoms with Crippen LogP contribution in [0.15, 0.2) is 24.3 Å². The lowest BCUT2D eigenvalue weighted by Crippen LogP contribution is -2.38. The summed E-state index contributed by atoms with van der Waals surface area (Å²) in [7, 11) is 1.72. The number of methoxy groups -OCH3 is 1. The lowest BCUT2D eigenvalue weighted by atomic mass is 10.1. The summed E-state index contributed by atoms with van der Waals surface area (Å²) in [6.07, 6.45) is 2.11. The van der Waals surface area contributed by atoms with Gasteiger partial charge in [-0.15, -0.1) is 0 Å². The average molecular weight is 251 g/mol. The summed E-state index contributed by atoms with van der Waals surface area (Å²) in [5, 5.41) is 3.43. The van der Waals surface area contributed by atoms with Crippen molar-refractivity contribution in [3.63, 3.8) is 0 Å². The fourth-order valence-corrected chi connectivity index (χ4v) is 1.84. The molecule has 1 N–H and O–H groups in total. The van der Waals surface area contributed by atoms with Crippen molar-refractivity contribution in [3.8, 4) is 5.75 Å². The first kappa shape index (κ1) is 15.0. The Morgan fingerprint density at radius 1 is 1.17 bits per heavy atom. The molecule has 0 fully saturated rings. The van der Waals surface area contributed by atoms with Crippen LogP contribution in [0.1, 0.15) is 25.8 Å². The lowest BCUT2D eigenvalue weighted by molar-refractivity contribution is 0.136. The number of aryl methyl sites for hydroxylation is 1. The van der Waals surface area contributed by atoms with Crippen molar-refractivity contribution in [1.82, 2.24) is 5.32 Å². The Balaban J connectivity index is 2.49. The summed E-state index contributed by atoms with van der Waals surface area (Å²) in [4.78, 5) is 0. The summed E-state index contributed by atoms with van der Waals surface area (Å²) in [6, 6.07) is 8.45. The fraction of sp³-hybridized carbons (Fsp3) is 0.600. The lowest BCUT2D eigenvalue weighted by Gasteiger charge is -2.19. The van der Waals surface area contributed by atoms with Gasteiger partial charge in [0.05, 0.1) is 12.6 Å². The third-order valence-electron chi connectivity index (χ3n) is 2.84. The van der Waals surface area contributed by atoms with Crippen molar-refractivity contribution in [3.05, 3.63) is 29.8 Å². The number of para-hydroxylation sites is 1. The van der Waals surface area contributed by atoms with E-state index in [0.29, 0.717) is 13.2 Å². The topological polar surface area (TPSA) is 30.5 Å². The highest BCUT2D eigenvalue weighted by atomic mass is 16.5. The van der Waals surface area contributed by atoms with Crippen molar-refractivity contribution in [2.75, 3.05) is 26.9 Å².